The van der Waals surface area contributed by atoms with Crippen LogP contribution in [0.1, 0.15) is 27.2 Å². The van der Waals surface area contributed by atoms with E-state index in [2.05, 4.69) is 13.8 Å². The monoisotopic (exact) mass is 329 g/mol. The van der Waals surface area contributed by atoms with Gasteiger partial charge in [-0.2, -0.15) is 0 Å². The van der Waals surface area contributed by atoms with E-state index in [9.17, 15) is 8.42 Å². The Morgan fingerprint density at radius 2 is 2.05 bits per heavy atom. The summed E-state index contributed by atoms with van der Waals surface area (Å²) >= 11 is 0. The molecule has 0 aliphatic rings. The average molecular weight is 330 g/mol. The molecule has 6 heteroatoms. The fraction of sp³-hybridized carbons (Fsp3) is 0.467. The molecule has 1 heterocycles. The number of nitrogens with zero attached hydrogens (tertiary/aromatic N) is 1. The van der Waals surface area contributed by atoms with Crippen LogP contribution < -0.4 is 4.74 Å². The Balaban J connectivity index is 2.69. The molecule has 1 aromatic carbocycles. The fourth-order valence-electron chi connectivity index (χ4n) is 2.34. The van der Waals surface area contributed by atoms with E-state index in [1.165, 1.54) is 0 Å². The van der Waals surface area contributed by atoms with Gasteiger partial charge in [0.05, 0.1) is 17.5 Å². The Labute approximate surface area is 130 Å². The van der Waals surface area contributed by atoms with Gasteiger partial charge >= 0.3 is 0 Å². The molecule has 0 saturated heterocycles. The lowest BCUT2D eigenvalue weighted by Gasteiger charge is -2.10. The molecule has 0 aliphatic heterocycles. The second-order valence-electron chi connectivity index (χ2n) is 5.48. The van der Waals surface area contributed by atoms with E-state index < -0.39 is 9.05 Å². The number of halogens is 1. The fourth-order valence-corrected chi connectivity index (χ4v) is 3.40. The van der Waals surface area contributed by atoms with Crippen LogP contribution in [-0.2, 0) is 15.6 Å². The number of ether oxygens (including phenoxy) is 1. The first-order chi connectivity index (χ1) is 9.84. The minimum absolute atomic E-state index is 0.117. The molecule has 2 aromatic rings. The van der Waals surface area contributed by atoms with Crippen LogP contribution in [-0.4, -0.2) is 19.6 Å². The summed E-state index contributed by atoms with van der Waals surface area (Å²) in [5.74, 6) is 0.961. The van der Waals surface area contributed by atoms with Gasteiger partial charge in [-0.15, -0.1) is 0 Å². The zero-order valence-corrected chi connectivity index (χ0v) is 14.0. The molecule has 0 amide bonds. The van der Waals surface area contributed by atoms with Crippen LogP contribution in [0.4, 0.5) is 0 Å². The zero-order valence-electron chi connectivity index (χ0n) is 12.5. The summed E-state index contributed by atoms with van der Waals surface area (Å²) in [7, 11) is 1.78. The van der Waals surface area contributed by atoms with Crippen LogP contribution in [0.5, 0.6) is 5.75 Å². The molecule has 21 heavy (non-hydrogen) atoms. The average Bonchev–Trinajstić information content (AvgIpc) is 2.75. The molecule has 0 saturated carbocycles. The second-order valence-corrected chi connectivity index (χ2v) is 8.01. The van der Waals surface area contributed by atoms with Gasteiger partial charge in [0.25, 0.3) is 9.05 Å². The molecule has 0 spiro atoms. The Kier molecular flexibility index (Phi) is 4.84. The van der Waals surface area contributed by atoms with Gasteiger partial charge in [-0.3, -0.25) is 0 Å². The van der Waals surface area contributed by atoms with Gasteiger partial charge in [-0.25, -0.2) is 8.42 Å². The maximum absolute atomic E-state index is 11.9. The van der Waals surface area contributed by atoms with Crippen molar-refractivity contribution in [1.82, 2.24) is 4.57 Å². The maximum atomic E-state index is 11.9. The first-order valence-corrected chi connectivity index (χ1v) is 9.34. The van der Waals surface area contributed by atoms with Gasteiger partial charge in [0.15, 0.2) is 0 Å². The summed E-state index contributed by atoms with van der Waals surface area (Å²) in [6.07, 6.45) is 2.46. The lowest BCUT2D eigenvalue weighted by atomic mass is 10.2. The van der Waals surface area contributed by atoms with Crippen LogP contribution in [0.3, 0.4) is 0 Å². The quantitative estimate of drug-likeness (QED) is 0.752. The van der Waals surface area contributed by atoms with Crippen molar-refractivity contribution >= 4 is 30.6 Å². The number of aromatic nitrogens is 1. The molecule has 0 unspecified atom stereocenters. The third kappa shape index (κ3) is 3.52. The molecule has 0 fully saturated rings. The van der Waals surface area contributed by atoms with E-state index in [0.29, 0.717) is 23.7 Å². The van der Waals surface area contributed by atoms with E-state index in [1.54, 1.807) is 12.3 Å². The summed E-state index contributed by atoms with van der Waals surface area (Å²) < 4.78 is 31.3. The summed E-state index contributed by atoms with van der Waals surface area (Å²) in [4.78, 5) is 0.117. The predicted octanol–water partition coefficient (Wildman–Crippen LogP) is 4.01. The number of rotatable bonds is 6. The standard InChI is InChI=1S/C15H20ClNO3S/c1-4-8-20-13-7-5-6-12-15(13)14(21(16,18)19)10-17(12)9-11(2)3/h5-7,10-11H,4,8-9H2,1-3H3. The van der Waals surface area contributed by atoms with Crippen LogP contribution in [0.15, 0.2) is 29.3 Å². The van der Waals surface area contributed by atoms with Crippen molar-refractivity contribution in [2.75, 3.05) is 6.61 Å². The topological polar surface area (TPSA) is 48.3 Å². The SMILES string of the molecule is CCCOc1cccc2c1c(S(=O)(=O)Cl)cn2CC(C)C. The largest absolute Gasteiger partial charge is 0.493 e. The van der Waals surface area contributed by atoms with Crippen LogP contribution >= 0.6 is 10.7 Å². The van der Waals surface area contributed by atoms with E-state index in [0.717, 1.165) is 18.5 Å². The van der Waals surface area contributed by atoms with Gasteiger partial charge in [0, 0.05) is 23.4 Å². The molecule has 0 radical (unpaired) electrons. The minimum atomic E-state index is -3.82. The second kappa shape index (κ2) is 6.28. The van der Waals surface area contributed by atoms with E-state index in [4.69, 9.17) is 15.4 Å². The first-order valence-electron chi connectivity index (χ1n) is 7.04. The summed E-state index contributed by atoms with van der Waals surface area (Å²) in [6, 6.07) is 5.54. The Morgan fingerprint density at radius 3 is 2.62 bits per heavy atom. The highest BCUT2D eigenvalue weighted by atomic mass is 35.7. The highest BCUT2D eigenvalue weighted by Crippen LogP contribution is 2.35. The van der Waals surface area contributed by atoms with Gasteiger partial charge in [0.2, 0.25) is 0 Å². The van der Waals surface area contributed by atoms with E-state index in [1.807, 2.05) is 23.6 Å². The number of fused-ring (bicyclic) bond motifs is 1. The van der Waals surface area contributed by atoms with Gasteiger partial charge in [0.1, 0.15) is 10.6 Å². The Morgan fingerprint density at radius 1 is 1.33 bits per heavy atom. The summed E-state index contributed by atoms with van der Waals surface area (Å²) in [5.41, 5.74) is 0.830. The van der Waals surface area contributed by atoms with Crippen LogP contribution in [0.25, 0.3) is 10.9 Å². The lowest BCUT2D eigenvalue weighted by molar-refractivity contribution is 0.321. The molecule has 4 nitrogen and oxygen atoms in total. The maximum Gasteiger partial charge on any atom is 0.263 e. The van der Waals surface area contributed by atoms with Crippen molar-refractivity contribution in [3.63, 3.8) is 0 Å². The molecule has 0 bridgehead atoms. The van der Waals surface area contributed by atoms with Crippen molar-refractivity contribution in [1.29, 1.82) is 0 Å². The van der Waals surface area contributed by atoms with Crippen molar-refractivity contribution in [2.24, 2.45) is 5.92 Å². The van der Waals surface area contributed by atoms with Gasteiger partial charge in [-0.05, 0) is 24.5 Å². The molecule has 0 N–H and O–H groups in total. The third-order valence-corrected chi connectivity index (χ3v) is 4.45. The highest BCUT2D eigenvalue weighted by Gasteiger charge is 2.22. The number of hydrogen-bond acceptors (Lipinski definition) is 3. The molecule has 1 aromatic heterocycles. The van der Waals surface area contributed by atoms with Crippen molar-refractivity contribution in [3.8, 4) is 5.75 Å². The van der Waals surface area contributed by atoms with E-state index >= 15 is 0 Å². The summed E-state index contributed by atoms with van der Waals surface area (Å²) in [6.45, 7) is 7.43. The normalized spacial score (nSPS) is 12.2. The third-order valence-electron chi connectivity index (χ3n) is 3.12. The smallest absolute Gasteiger partial charge is 0.263 e. The number of benzene rings is 1. The molecule has 0 atom stereocenters. The molecular formula is C15H20ClNO3S. The van der Waals surface area contributed by atoms with Crippen LogP contribution in [0.2, 0.25) is 0 Å². The van der Waals surface area contributed by atoms with Crippen molar-refractivity contribution in [3.05, 3.63) is 24.4 Å². The first kappa shape index (κ1) is 16.2. The van der Waals surface area contributed by atoms with Crippen LogP contribution in [0, 0.1) is 5.92 Å². The van der Waals surface area contributed by atoms with Crippen molar-refractivity contribution in [2.45, 2.75) is 38.6 Å². The van der Waals surface area contributed by atoms with E-state index in [-0.39, 0.29) is 4.90 Å². The molecular weight excluding hydrogens is 310 g/mol. The Hall–Kier alpha value is -1.20. The Bertz CT molecular complexity index is 735. The highest BCUT2D eigenvalue weighted by molar-refractivity contribution is 8.14. The predicted molar refractivity (Wildman–Crippen MR) is 85.6 cm³/mol. The van der Waals surface area contributed by atoms with Crippen molar-refractivity contribution < 1.29 is 13.2 Å². The van der Waals surface area contributed by atoms with Gasteiger partial charge in [-0.1, -0.05) is 26.8 Å². The van der Waals surface area contributed by atoms with Gasteiger partial charge < -0.3 is 9.30 Å². The number of hydrogen-bond donors (Lipinski definition) is 0. The molecule has 0 aliphatic carbocycles. The zero-order chi connectivity index (χ0) is 15.6. The summed E-state index contributed by atoms with van der Waals surface area (Å²) in [5, 5.41) is 0.571. The lowest BCUT2D eigenvalue weighted by Crippen LogP contribution is -2.02. The molecule has 116 valence electrons. The minimum Gasteiger partial charge on any atom is -0.493 e. The molecule has 2 rings (SSSR count).